The topological polar surface area (TPSA) is 67.2 Å². The fraction of sp³-hybridized carbons (Fsp3) is 0.429. The van der Waals surface area contributed by atoms with Crippen LogP contribution in [0.1, 0.15) is 12.2 Å². The summed E-state index contributed by atoms with van der Waals surface area (Å²) in [6, 6.07) is 0. The Balaban J connectivity index is 2.20. The predicted octanol–water partition coefficient (Wildman–Crippen LogP) is 0.919. The maximum atomic E-state index is 10.2. The minimum atomic E-state index is -1.06. The van der Waals surface area contributed by atoms with Crippen LogP contribution in [-0.4, -0.2) is 20.8 Å². The van der Waals surface area contributed by atoms with E-state index in [9.17, 15) is 4.79 Å². The average Bonchev–Trinajstić information content (AvgIpc) is 2.43. The number of rotatable bonds is 1. The molecule has 0 saturated carbocycles. The highest BCUT2D eigenvalue weighted by Crippen LogP contribution is 2.16. The van der Waals surface area contributed by atoms with Crippen molar-refractivity contribution >= 4 is 11.9 Å². The Kier molecular flexibility index (Phi) is 1.49. The first-order valence-electron chi connectivity index (χ1n) is 3.82. The Morgan fingerprint density at radius 1 is 1.75 bits per heavy atom. The van der Waals surface area contributed by atoms with Crippen LogP contribution in [0.2, 0.25) is 0 Å². The van der Waals surface area contributed by atoms with Crippen LogP contribution >= 0.6 is 0 Å². The lowest BCUT2D eigenvalue weighted by Crippen LogP contribution is -2.07. The third-order valence-electron chi connectivity index (χ3n) is 1.89. The lowest BCUT2D eigenvalue weighted by atomic mass is 10.4. The summed E-state index contributed by atoms with van der Waals surface area (Å²) in [5.74, 6) is 1.40. The van der Waals surface area contributed by atoms with Crippen molar-refractivity contribution in [3.63, 3.8) is 0 Å². The van der Waals surface area contributed by atoms with Crippen LogP contribution in [0, 0.1) is 0 Å². The Morgan fingerprint density at radius 3 is 3.25 bits per heavy atom. The molecule has 2 rings (SSSR count). The van der Waals surface area contributed by atoms with E-state index < -0.39 is 6.09 Å². The van der Waals surface area contributed by atoms with Gasteiger partial charge < -0.3 is 9.67 Å². The van der Waals surface area contributed by atoms with Crippen molar-refractivity contribution in [2.75, 3.05) is 5.32 Å². The largest absolute Gasteiger partial charge is 0.465 e. The minimum Gasteiger partial charge on any atom is -0.465 e. The zero-order chi connectivity index (χ0) is 8.55. The molecule has 64 valence electrons. The van der Waals surface area contributed by atoms with E-state index in [1.54, 1.807) is 6.20 Å². The zero-order valence-electron chi connectivity index (χ0n) is 6.45. The molecule has 1 aromatic rings. The molecule has 0 fully saturated rings. The van der Waals surface area contributed by atoms with E-state index in [1.165, 1.54) is 0 Å². The van der Waals surface area contributed by atoms with Crippen LogP contribution < -0.4 is 5.32 Å². The number of fused-ring (bicyclic) bond motifs is 1. The van der Waals surface area contributed by atoms with E-state index in [1.807, 2.05) is 4.57 Å². The third kappa shape index (κ3) is 1.13. The Hall–Kier alpha value is -1.52. The molecular weight excluding hydrogens is 158 g/mol. The number of nitrogens with one attached hydrogen (secondary N) is 1. The van der Waals surface area contributed by atoms with Crippen molar-refractivity contribution in [2.45, 2.75) is 19.4 Å². The maximum absolute atomic E-state index is 10.2. The highest BCUT2D eigenvalue weighted by atomic mass is 16.4. The first-order chi connectivity index (χ1) is 5.75. The van der Waals surface area contributed by atoms with Gasteiger partial charge >= 0.3 is 6.09 Å². The molecule has 0 aromatic carbocycles. The standard InChI is InChI=1S/C7H9N3O2/c11-7(12)9-5-4-10-3-1-2-6(10)8-5/h4,9H,1-3H2,(H,11,12). The van der Waals surface area contributed by atoms with Gasteiger partial charge in [-0.1, -0.05) is 0 Å². The van der Waals surface area contributed by atoms with Gasteiger partial charge in [-0.05, 0) is 6.42 Å². The number of carboxylic acid groups (broad SMARTS) is 1. The lowest BCUT2D eigenvalue weighted by Gasteiger charge is -1.92. The molecule has 2 N–H and O–H groups in total. The van der Waals surface area contributed by atoms with E-state index in [0.717, 1.165) is 25.2 Å². The average molecular weight is 167 g/mol. The molecule has 0 unspecified atom stereocenters. The molecule has 0 aliphatic carbocycles. The van der Waals surface area contributed by atoms with Gasteiger partial charge in [0.05, 0.1) is 0 Å². The Morgan fingerprint density at radius 2 is 2.58 bits per heavy atom. The molecule has 0 atom stereocenters. The number of aromatic nitrogens is 2. The van der Waals surface area contributed by atoms with E-state index in [4.69, 9.17) is 5.11 Å². The monoisotopic (exact) mass is 167 g/mol. The van der Waals surface area contributed by atoms with Crippen LogP contribution in [0.25, 0.3) is 0 Å². The molecule has 1 amide bonds. The summed E-state index contributed by atoms with van der Waals surface area (Å²) in [5, 5.41) is 10.6. The molecule has 0 saturated heterocycles. The summed E-state index contributed by atoms with van der Waals surface area (Å²) in [7, 11) is 0. The fourth-order valence-corrected chi connectivity index (χ4v) is 1.42. The molecule has 1 aliphatic rings. The van der Waals surface area contributed by atoms with Gasteiger partial charge in [-0.2, -0.15) is 0 Å². The molecule has 5 nitrogen and oxygen atoms in total. The van der Waals surface area contributed by atoms with Gasteiger partial charge in [0.1, 0.15) is 5.82 Å². The fourth-order valence-electron chi connectivity index (χ4n) is 1.42. The van der Waals surface area contributed by atoms with Gasteiger partial charge in [0.15, 0.2) is 5.82 Å². The van der Waals surface area contributed by atoms with Gasteiger partial charge in [-0.15, -0.1) is 0 Å². The Labute approximate surface area is 69.0 Å². The molecule has 5 heteroatoms. The van der Waals surface area contributed by atoms with Crippen LogP contribution in [-0.2, 0) is 13.0 Å². The molecule has 1 aliphatic heterocycles. The van der Waals surface area contributed by atoms with Crippen molar-refractivity contribution in [2.24, 2.45) is 0 Å². The smallest absolute Gasteiger partial charge is 0.410 e. The summed E-state index contributed by atoms with van der Waals surface area (Å²) in [4.78, 5) is 14.3. The lowest BCUT2D eigenvalue weighted by molar-refractivity contribution is 0.209. The van der Waals surface area contributed by atoms with E-state index in [0.29, 0.717) is 5.82 Å². The zero-order valence-corrected chi connectivity index (χ0v) is 6.45. The molecule has 2 heterocycles. The number of imidazole rings is 1. The first-order valence-corrected chi connectivity index (χ1v) is 3.82. The number of amides is 1. The molecule has 0 bridgehead atoms. The number of anilines is 1. The van der Waals surface area contributed by atoms with Crippen molar-refractivity contribution < 1.29 is 9.90 Å². The number of aryl methyl sites for hydroxylation is 2. The molecule has 0 radical (unpaired) electrons. The van der Waals surface area contributed by atoms with E-state index in [-0.39, 0.29) is 0 Å². The van der Waals surface area contributed by atoms with Crippen LogP contribution in [0.3, 0.4) is 0 Å². The highest BCUT2D eigenvalue weighted by molar-refractivity contribution is 5.81. The van der Waals surface area contributed by atoms with Crippen LogP contribution in [0.4, 0.5) is 10.6 Å². The number of hydrogen-bond donors (Lipinski definition) is 2. The van der Waals surface area contributed by atoms with Crippen molar-refractivity contribution in [1.82, 2.24) is 9.55 Å². The second kappa shape index (κ2) is 2.51. The highest BCUT2D eigenvalue weighted by Gasteiger charge is 2.13. The van der Waals surface area contributed by atoms with Gasteiger partial charge in [0.2, 0.25) is 0 Å². The van der Waals surface area contributed by atoms with E-state index >= 15 is 0 Å². The van der Waals surface area contributed by atoms with Crippen molar-refractivity contribution in [3.8, 4) is 0 Å². The summed E-state index contributed by atoms with van der Waals surface area (Å²) in [6.45, 7) is 0.948. The third-order valence-corrected chi connectivity index (χ3v) is 1.89. The molecule has 0 spiro atoms. The summed E-state index contributed by atoms with van der Waals surface area (Å²) in [6.07, 6.45) is 2.72. The summed E-state index contributed by atoms with van der Waals surface area (Å²) < 4.78 is 1.98. The maximum Gasteiger partial charge on any atom is 0.410 e. The van der Waals surface area contributed by atoms with Crippen molar-refractivity contribution in [1.29, 1.82) is 0 Å². The normalized spacial score (nSPS) is 14.3. The van der Waals surface area contributed by atoms with Gasteiger partial charge in [-0.3, -0.25) is 5.32 Å². The number of nitrogens with zero attached hydrogens (tertiary/aromatic N) is 2. The molecule has 12 heavy (non-hydrogen) atoms. The molecule has 1 aromatic heterocycles. The van der Waals surface area contributed by atoms with E-state index in [2.05, 4.69) is 10.3 Å². The SMILES string of the molecule is O=C(O)Nc1cn2c(n1)CCC2. The van der Waals surface area contributed by atoms with Gasteiger partial charge in [-0.25, -0.2) is 9.78 Å². The second-order valence-electron chi connectivity index (χ2n) is 2.77. The van der Waals surface area contributed by atoms with Gasteiger partial charge in [0, 0.05) is 19.2 Å². The minimum absolute atomic E-state index is 0.428. The summed E-state index contributed by atoms with van der Waals surface area (Å²) in [5.41, 5.74) is 0. The second-order valence-corrected chi connectivity index (χ2v) is 2.77. The van der Waals surface area contributed by atoms with Crippen LogP contribution in [0.15, 0.2) is 6.20 Å². The molecular formula is C7H9N3O2. The van der Waals surface area contributed by atoms with Gasteiger partial charge in [0.25, 0.3) is 0 Å². The quantitative estimate of drug-likeness (QED) is 0.653. The Bertz CT molecular complexity index is 297. The summed E-state index contributed by atoms with van der Waals surface area (Å²) >= 11 is 0. The number of carbonyl (C=O) groups is 1. The van der Waals surface area contributed by atoms with Crippen LogP contribution in [0.5, 0.6) is 0 Å². The predicted molar refractivity (Wildman–Crippen MR) is 42.2 cm³/mol. The van der Waals surface area contributed by atoms with Crippen molar-refractivity contribution in [3.05, 3.63) is 12.0 Å². The first kappa shape index (κ1) is 7.15. The number of hydrogen-bond acceptors (Lipinski definition) is 2.